The molecule has 0 bridgehead atoms. The summed E-state index contributed by atoms with van der Waals surface area (Å²) in [5.41, 5.74) is 2.80. The average Bonchev–Trinajstić information content (AvgIpc) is 3.23. The lowest BCUT2D eigenvalue weighted by molar-refractivity contribution is 0.0697. The van der Waals surface area contributed by atoms with Crippen molar-refractivity contribution >= 4 is 11.8 Å². The molecule has 148 valence electrons. The van der Waals surface area contributed by atoms with Gasteiger partial charge in [0.25, 0.3) is 0 Å². The minimum absolute atomic E-state index is 0.148. The van der Waals surface area contributed by atoms with Crippen LogP contribution in [0.15, 0.2) is 84.7 Å². The number of hydrogen-bond donors (Lipinski definition) is 1. The molecule has 1 N–H and O–H groups in total. The fourth-order valence-electron chi connectivity index (χ4n) is 3.43. The molecule has 0 saturated heterocycles. The van der Waals surface area contributed by atoms with Crippen LogP contribution in [0, 0.1) is 11.3 Å². The third-order valence-electron chi connectivity index (χ3n) is 4.97. The number of rotatable bonds is 6. The number of ether oxygens (including phenoxy) is 1. The largest absolute Gasteiger partial charge is 0.489 e. The molecule has 30 heavy (non-hydrogen) atoms. The number of carboxylic acid groups (broad SMARTS) is 1. The number of anilines is 1. The Bertz CT molecular complexity index is 1140. The van der Waals surface area contributed by atoms with Crippen molar-refractivity contribution in [1.82, 2.24) is 4.98 Å². The average molecular weight is 397 g/mol. The van der Waals surface area contributed by atoms with Crippen molar-refractivity contribution in [3.05, 3.63) is 101 Å². The van der Waals surface area contributed by atoms with Crippen molar-refractivity contribution in [3.8, 4) is 11.8 Å². The van der Waals surface area contributed by atoms with Crippen molar-refractivity contribution in [2.75, 3.05) is 11.4 Å². The molecule has 0 amide bonds. The van der Waals surface area contributed by atoms with E-state index >= 15 is 0 Å². The van der Waals surface area contributed by atoms with Gasteiger partial charge >= 0.3 is 5.97 Å². The summed E-state index contributed by atoms with van der Waals surface area (Å²) in [5, 5.41) is 18.9. The number of hydrogen-bond acceptors (Lipinski definition) is 5. The molecule has 0 spiro atoms. The van der Waals surface area contributed by atoms with Crippen LogP contribution in [0.5, 0.6) is 5.75 Å². The normalized spacial score (nSPS) is 15.4. The standard InChI is InChI=1S/C24H19N3O3/c25-13-20-14-27(23-12-19(24(28)29)9-10-26-23)15-22(20)18-7-4-8-21(11-18)30-16-17-5-2-1-3-6-17/h1-12,14,22H,15-16H2,(H,28,29). The molecule has 6 heteroatoms. The van der Waals surface area contributed by atoms with Crippen LogP contribution in [0.3, 0.4) is 0 Å². The fraction of sp³-hybridized carbons (Fsp3) is 0.125. The zero-order valence-corrected chi connectivity index (χ0v) is 16.1. The summed E-state index contributed by atoms with van der Waals surface area (Å²) in [7, 11) is 0. The van der Waals surface area contributed by atoms with E-state index in [1.165, 1.54) is 18.3 Å². The third-order valence-corrected chi connectivity index (χ3v) is 4.97. The molecule has 1 aliphatic heterocycles. The van der Waals surface area contributed by atoms with Gasteiger partial charge in [-0.2, -0.15) is 5.26 Å². The summed E-state index contributed by atoms with van der Waals surface area (Å²) in [4.78, 5) is 17.3. The molecule has 0 radical (unpaired) electrons. The first-order valence-corrected chi connectivity index (χ1v) is 9.48. The van der Waals surface area contributed by atoms with Crippen molar-refractivity contribution < 1.29 is 14.6 Å². The third kappa shape index (κ3) is 4.15. The maximum Gasteiger partial charge on any atom is 0.335 e. The van der Waals surface area contributed by atoms with Crippen LogP contribution in [0.1, 0.15) is 27.4 Å². The highest BCUT2D eigenvalue weighted by molar-refractivity contribution is 5.88. The van der Waals surface area contributed by atoms with Crippen LogP contribution in [-0.2, 0) is 6.61 Å². The lowest BCUT2D eigenvalue weighted by Gasteiger charge is -2.18. The first-order chi connectivity index (χ1) is 14.6. The van der Waals surface area contributed by atoms with E-state index < -0.39 is 5.97 Å². The molecule has 1 aliphatic rings. The molecular formula is C24H19N3O3. The SMILES string of the molecule is N#CC1=CN(c2cc(C(=O)O)ccn2)CC1c1cccc(OCc2ccccc2)c1. The Morgan fingerprint density at radius 1 is 1.17 bits per heavy atom. The zero-order chi connectivity index (χ0) is 20.9. The molecule has 2 aromatic carbocycles. The van der Waals surface area contributed by atoms with Gasteiger partial charge < -0.3 is 14.7 Å². The Morgan fingerprint density at radius 2 is 2.00 bits per heavy atom. The number of nitrogens with zero attached hydrogens (tertiary/aromatic N) is 3. The van der Waals surface area contributed by atoms with Gasteiger partial charge in [-0.1, -0.05) is 42.5 Å². The number of benzene rings is 2. The van der Waals surface area contributed by atoms with Gasteiger partial charge in [-0.05, 0) is 35.4 Å². The molecule has 1 unspecified atom stereocenters. The minimum atomic E-state index is -1.01. The molecule has 1 aromatic heterocycles. The molecule has 0 saturated carbocycles. The Hall–Kier alpha value is -4.11. The van der Waals surface area contributed by atoms with E-state index in [-0.39, 0.29) is 11.5 Å². The molecule has 1 atom stereocenters. The predicted molar refractivity (Wildman–Crippen MR) is 112 cm³/mol. The number of aromatic nitrogens is 1. The zero-order valence-electron chi connectivity index (χ0n) is 16.1. The lowest BCUT2D eigenvalue weighted by Crippen LogP contribution is -2.18. The van der Waals surface area contributed by atoms with E-state index in [9.17, 15) is 15.2 Å². The highest BCUT2D eigenvalue weighted by Crippen LogP contribution is 2.34. The molecule has 2 heterocycles. The summed E-state index contributed by atoms with van der Waals surface area (Å²) in [5.74, 6) is 0.0763. The highest BCUT2D eigenvalue weighted by atomic mass is 16.5. The monoisotopic (exact) mass is 397 g/mol. The summed E-state index contributed by atoms with van der Waals surface area (Å²) < 4.78 is 5.92. The quantitative estimate of drug-likeness (QED) is 0.665. The van der Waals surface area contributed by atoms with Gasteiger partial charge in [-0.15, -0.1) is 0 Å². The second kappa shape index (κ2) is 8.50. The van der Waals surface area contributed by atoms with Crippen LogP contribution in [0.25, 0.3) is 0 Å². The Labute approximate surface area is 174 Å². The Kier molecular flexibility index (Phi) is 5.44. The maximum absolute atomic E-state index is 11.2. The van der Waals surface area contributed by atoms with Gasteiger partial charge in [-0.25, -0.2) is 9.78 Å². The summed E-state index contributed by atoms with van der Waals surface area (Å²) in [6, 6.07) is 22.9. The number of nitriles is 1. The van der Waals surface area contributed by atoms with Gasteiger partial charge in [0.15, 0.2) is 0 Å². The Balaban J connectivity index is 1.53. The number of carbonyl (C=O) groups is 1. The second-order valence-corrected chi connectivity index (χ2v) is 6.96. The van der Waals surface area contributed by atoms with Gasteiger partial charge in [0.05, 0.1) is 17.2 Å². The first kappa shape index (κ1) is 19.2. The van der Waals surface area contributed by atoms with Crippen molar-refractivity contribution in [3.63, 3.8) is 0 Å². The molecule has 0 aliphatic carbocycles. The first-order valence-electron chi connectivity index (χ1n) is 9.48. The van der Waals surface area contributed by atoms with Crippen LogP contribution in [0.2, 0.25) is 0 Å². The number of aromatic carboxylic acids is 1. The van der Waals surface area contributed by atoms with E-state index in [4.69, 9.17) is 4.74 Å². The van der Waals surface area contributed by atoms with Crippen molar-refractivity contribution in [2.45, 2.75) is 12.5 Å². The van der Waals surface area contributed by atoms with E-state index in [1.54, 1.807) is 6.20 Å². The molecule has 6 nitrogen and oxygen atoms in total. The van der Waals surface area contributed by atoms with Crippen LogP contribution in [0.4, 0.5) is 5.82 Å². The maximum atomic E-state index is 11.2. The minimum Gasteiger partial charge on any atom is -0.489 e. The number of pyridine rings is 1. The molecular weight excluding hydrogens is 378 g/mol. The van der Waals surface area contributed by atoms with Gasteiger partial charge in [-0.3, -0.25) is 0 Å². The van der Waals surface area contributed by atoms with Crippen LogP contribution in [-0.4, -0.2) is 22.6 Å². The van der Waals surface area contributed by atoms with E-state index in [2.05, 4.69) is 11.1 Å². The summed E-state index contributed by atoms with van der Waals surface area (Å²) in [6.45, 7) is 0.967. The van der Waals surface area contributed by atoms with Crippen LogP contribution >= 0.6 is 0 Å². The highest BCUT2D eigenvalue weighted by Gasteiger charge is 2.28. The van der Waals surface area contributed by atoms with E-state index in [0.29, 0.717) is 24.5 Å². The van der Waals surface area contributed by atoms with E-state index in [1.807, 2.05) is 59.5 Å². The van der Waals surface area contributed by atoms with Crippen molar-refractivity contribution in [1.29, 1.82) is 5.26 Å². The summed E-state index contributed by atoms with van der Waals surface area (Å²) in [6.07, 6.45) is 3.19. The molecule has 4 rings (SSSR count). The molecule has 0 fully saturated rings. The van der Waals surface area contributed by atoms with Gasteiger partial charge in [0.1, 0.15) is 18.2 Å². The topological polar surface area (TPSA) is 86.5 Å². The lowest BCUT2D eigenvalue weighted by atomic mass is 9.94. The summed E-state index contributed by atoms with van der Waals surface area (Å²) >= 11 is 0. The van der Waals surface area contributed by atoms with Crippen LogP contribution < -0.4 is 9.64 Å². The molecule has 3 aromatic rings. The van der Waals surface area contributed by atoms with Gasteiger partial charge in [0, 0.05) is 24.9 Å². The smallest absolute Gasteiger partial charge is 0.335 e. The van der Waals surface area contributed by atoms with E-state index in [0.717, 1.165) is 16.9 Å². The fourth-order valence-corrected chi connectivity index (χ4v) is 3.43. The second-order valence-electron chi connectivity index (χ2n) is 6.96. The van der Waals surface area contributed by atoms with Crippen molar-refractivity contribution in [2.24, 2.45) is 0 Å². The number of carboxylic acids is 1. The van der Waals surface area contributed by atoms with Gasteiger partial charge in [0.2, 0.25) is 0 Å². The Morgan fingerprint density at radius 3 is 2.77 bits per heavy atom. The predicted octanol–water partition coefficient (Wildman–Crippen LogP) is 4.37.